The molecule has 0 spiro atoms. The third-order valence-electron chi connectivity index (χ3n) is 3.02. The second kappa shape index (κ2) is 7.28. The van der Waals surface area contributed by atoms with Gasteiger partial charge >= 0.3 is 11.9 Å². The van der Waals surface area contributed by atoms with E-state index in [1.54, 1.807) is 19.1 Å². The van der Waals surface area contributed by atoms with Crippen LogP contribution in [0.5, 0.6) is 0 Å². The van der Waals surface area contributed by atoms with E-state index in [1.807, 2.05) is 0 Å². The largest absolute Gasteiger partial charge is 0.481 e. The van der Waals surface area contributed by atoms with Crippen LogP contribution in [0.2, 0.25) is 0 Å². The quantitative estimate of drug-likeness (QED) is 0.555. The van der Waals surface area contributed by atoms with E-state index in [2.05, 4.69) is 5.32 Å². The summed E-state index contributed by atoms with van der Waals surface area (Å²) in [6, 6.07) is 3.54. The molecule has 1 atom stereocenters. The third kappa shape index (κ3) is 5.13. The molecule has 0 saturated heterocycles. The molecule has 0 aromatic heterocycles. The Bertz CT molecular complexity index is 556. The van der Waals surface area contributed by atoms with Gasteiger partial charge in [-0.2, -0.15) is 0 Å². The molecule has 0 unspecified atom stereocenters. The molecule has 1 rings (SSSR count). The van der Waals surface area contributed by atoms with Gasteiger partial charge in [-0.3, -0.25) is 9.59 Å². The summed E-state index contributed by atoms with van der Waals surface area (Å²) in [4.78, 5) is 33.5. The fourth-order valence-electron chi connectivity index (χ4n) is 1.77. The van der Waals surface area contributed by atoms with Gasteiger partial charge in [0.25, 0.3) is 5.91 Å². The van der Waals surface area contributed by atoms with Crippen LogP contribution >= 0.6 is 0 Å². The van der Waals surface area contributed by atoms with E-state index in [4.69, 9.17) is 15.9 Å². The predicted molar refractivity (Wildman–Crippen MR) is 76.0 cm³/mol. The molecule has 0 radical (unpaired) electrons. The third-order valence-corrected chi connectivity index (χ3v) is 3.02. The molecule has 114 valence electrons. The van der Waals surface area contributed by atoms with E-state index in [9.17, 15) is 14.4 Å². The number of aliphatic carboxylic acids is 2. The Labute approximate surface area is 121 Å². The number of aryl methyl sites for hydroxylation is 1. The van der Waals surface area contributed by atoms with Gasteiger partial charge in [0, 0.05) is 17.7 Å². The maximum absolute atomic E-state index is 12.0. The van der Waals surface area contributed by atoms with Crippen LogP contribution in [0.15, 0.2) is 18.2 Å². The van der Waals surface area contributed by atoms with Crippen LogP contribution in [-0.4, -0.2) is 34.1 Å². The van der Waals surface area contributed by atoms with E-state index >= 15 is 0 Å². The van der Waals surface area contributed by atoms with Gasteiger partial charge in [-0.25, -0.2) is 4.79 Å². The number of nitrogens with one attached hydrogen (secondary N) is 1. The molecular weight excluding hydrogens is 276 g/mol. The molecule has 0 bridgehead atoms. The summed E-state index contributed by atoms with van der Waals surface area (Å²) in [5, 5.41) is 20.0. The number of hydrogen-bond acceptors (Lipinski definition) is 4. The first-order chi connectivity index (χ1) is 9.81. The Morgan fingerprint density at radius 1 is 1.29 bits per heavy atom. The van der Waals surface area contributed by atoms with Crippen molar-refractivity contribution < 1.29 is 24.6 Å². The van der Waals surface area contributed by atoms with E-state index in [-0.39, 0.29) is 19.3 Å². The van der Waals surface area contributed by atoms with E-state index < -0.39 is 23.9 Å². The molecule has 7 nitrogen and oxygen atoms in total. The lowest BCUT2D eigenvalue weighted by Crippen LogP contribution is -2.40. The molecule has 5 N–H and O–H groups in total. The van der Waals surface area contributed by atoms with Crippen LogP contribution in [0.25, 0.3) is 0 Å². The molecule has 1 aromatic rings. The molecule has 1 aromatic carbocycles. The Morgan fingerprint density at radius 3 is 2.48 bits per heavy atom. The highest BCUT2D eigenvalue weighted by Crippen LogP contribution is 2.13. The normalized spacial score (nSPS) is 11.7. The van der Waals surface area contributed by atoms with Gasteiger partial charge < -0.3 is 21.3 Å². The Balaban J connectivity index is 2.69. The summed E-state index contributed by atoms with van der Waals surface area (Å²) < 4.78 is 0. The number of hydrogen-bond donors (Lipinski definition) is 4. The molecule has 0 aliphatic heterocycles. The molecule has 0 aliphatic carbocycles. The Kier molecular flexibility index (Phi) is 5.71. The van der Waals surface area contributed by atoms with Gasteiger partial charge in [0.15, 0.2) is 0 Å². The highest BCUT2D eigenvalue weighted by molar-refractivity contribution is 5.97. The summed E-state index contributed by atoms with van der Waals surface area (Å²) in [7, 11) is 0. The first-order valence-corrected chi connectivity index (χ1v) is 6.43. The minimum absolute atomic E-state index is 0.0569. The Morgan fingerprint density at radius 2 is 1.95 bits per heavy atom. The van der Waals surface area contributed by atoms with Crippen LogP contribution in [0.4, 0.5) is 5.69 Å². The van der Waals surface area contributed by atoms with Crippen molar-refractivity contribution in [2.24, 2.45) is 0 Å². The molecule has 0 fully saturated rings. The molecule has 7 heteroatoms. The second-order valence-corrected chi connectivity index (χ2v) is 4.72. The Hall–Kier alpha value is -2.57. The fourth-order valence-corrected chi connectivity index (χ4v) is 1.77. The number of carbonyl (C=O) groups is 3. The number of benzene rings is 1. The van der Waals surface area contributed by atoms with E-state index in [0.29, 0.717) is 11.3 Å². The summed E-state index contributed by atoms with van der Waals surface area (Å²) >= 11 is 0. The van der Waals surface area contributed by atoms with E-state index in [0.717, 1.165) is 5.56 Å². The molecule has 21 heavy (non-hydrogen) atoms. The number of carboxylic acid groups (broad SMARTS) is 2. The SMILES string of the molecule is Cc1cc(C(=O)N[C@H](CCCC(=O)O)C(=O)O)ccc1N. The molecule has 1 amide bonds. The highest BCUT2D eigenvalue weighted by atomic mass is 16.4. The summed E-state index contributed by atoms with van der Waals surface area (Å²) in [6.07, 6.45) is 0.0926. The fraction of sp³-hybridized carbons (Fsp3) is 0.357. The van der Waals surface area contributed by atoms with Gasteiger partial charge in [0.2, 0.25) is 0 Å². The first-order valence-electron chi connectivity index (χ1n) is 6.43. The minimum atomic E-state index is -1.19. The average molecular weight is 294 g/mol. The lowest BCUT2D eigenvalue weighted by molar-refractivity contribution is -0.140. The van der Waals surface area contributed by atoms with Crippen LogP contribution in [0, 0.1) is 6.92 Å². The maximum atomic E-state index is 12.0. The van der Waals surface area contributed by atoms with Crippen molar-refractivity contribution in [2.45, 2.75) is 32.2 Å². The molecule has 0 aliphatic rings. The number of carboxylic acids is 2. The van der Waals surface area contributed by atoms with Gasteiger partial charge in [-0.1, -0.05) is 0 Å². The average Bonchev–Trinajstić information content (AvgIpc) is 2.40. The van der Waals surface area contributed by atoms with Crippen molar-refractivity contribution >= 4 is 23.5 Å². The highest BCUT2D eigenvalue weighted by Gasteiger charge is 2.20. The number of anilines is 1. The van der Waals surface area contributed by atoms with Gasteiger partial charge in [-0.15, -0.1) is 0 Å². The molecule has 0 heterocycles. The summed E-state index contributed by atoms with van der Waals surface area (Å²) in [5.41, 5.74) is 7.23. The van der Waals surface area contributed by atoms with Crippen LogP contribution in [0.1, 0.15) is 35.2 Å². The molecule has 0 saturated carbocycles. The van der Waals surface area contributed by atoms with Crippen molar-refractivity contribution in [1.82, 2.24) is 5.32 Å². The monoisotopic (exact) mass is 294 g/mol. The predicted octanol–water partition coefficient (Wildman–Crippen LogP) is 1.02. The number of amides is 1. The number of nitrogens with two attached hydrogens (primary N) is 1. The van der Waals surface area contributed by atoms with Crippen LogP contribution in [0.3, 0.4) is 0 Å². The van der Waals surface area contributed by atoms with Crippen molar-refractivity contribution in [3.05, 3.63) is 29.3 Å². The zero-order chi connectivity index (χ0) is 16.0. The standard InChI is InChI=1S/C14H18N2O5/c1-8-7-9(5-6-10(8)15)13(19)16-11(14(20)21)3-2-4-12(17)18/h5-7,11H,2-4,15H2,1H3,(H,16,19)(H,17,18)(H,20,21)/t11-/m1/s1. The van der Waals surface area contributed by atoms with Crippen molar-refractivity contribution in [3.63, 3.8) is 0 Å². The van der Waals surface area contributed by atoms with Gasteiger partial charge in [-0.05, 0) is 43.5 Å². The topological polar surface area (TPSA) is 130 Å². The maximum Gasteiger partial charge on any atom is 0.326 e. The first kappa shape index (κ1) is 16.5. The lowest BCUT2D eigenvalue weighted by atomic mass is 10.1. The van der Waals surface area contributed by atoms with Crippen molar-refractivity contribution in [3.8, 4) is 0 Å². The van der Waals surface area contributed by atoms with Crippen molar-refractivity contribution in [2.75, 3.05) is 5.73 Å². The summed E-state index contributed by atoms with van der Waals surface area (Å²) in [5.74, 6) is -2.72. The van der Waals surface area contributed by atoms with Gasteiger partial charge in [0.1, 0.15) is 6.04 Å². The van der Waals surface area contributed by atoms with Crippen LogP contribution in [-0.2, 0) is 9.59 Å². The van der Waals surface area contributed by atoms with E-state index in [1.165, 1.54) is 6.07 Å². The lowest BCUT2D eigenvalue weighted by Gasteiger charge is -2.14. The second-order valence-electron chi connectivity index (χ2n) is 4.72. The number of carbonyl (C=O) groups excluding carboxylic acids is 1. The zero-order valence-electron chi connectivity index (χ0n) is 11.6. The number of nitrogen functional groups attached to an aromatic ring is 1. The van der Waals surface area contributed by atoms with Gasteiger partial charge in [0.05, 0.1) is 0 Å². The van der Waals surface area contributed by atoms with Crippen molar-refractivity contribution in [1.29, 1.82) is 0 Å². The number of rotatable bonds is 7. The molecular formula is C14H18N2O5. The summed E-state index contributed by atoms with van der Waals surface area (Å²) in [6.45, 7) is 1.74. The smallest absolute Gasteiger partial charge is 0.326 e. The minimum Gasteiger partial charge on any atom is -0.481 e. The zero-order valence-corrected chi connectivity index (χ0v) is 11.6. The van der Waals surface area contributed by atoms with Crippen LogP contribution < -0.4 is 11.1 Å².